The number of hydrogen-bond acceptors (Lipinski definition) is 5. The van der Waals surface area contributed by atoms with Gasteiger partial charge in [-0.15, -0.1) is 11.3 Å². The summed E-state index contributed by atoms with van der Waals surface area (Å²) < 4.78 is 11.9. The molecule has 2 heterocycles. The monoisotopic (exact) mass is 260 g/mol. The van der Waals surface area contributed by atoms with Crippen molar-refractivity contribution in [1.82, 2.24) is 4.98 Å². The Kier molecular flexibility index (Phi) is 2.79. The second kappa shape index (κ2) is 4.14. The lowest BCUT2D eigenvalue weighted by Gasteiger charge is -2.21. The van der Waals surface area contributed by atoms with E-state index < -0.39 is 0 Å². The SMILES string of the molecule is Clc1nc(NC2CCC3(C2)OCCO3)cs1. The van der Waals surface area contributed by atoms with Crippen molar-refractivity contribution in [2.24, 2.45) is 0 Å². The van der Waals surface area contributed by atoms with Crippen LogP contribution in [-0.2, 0) is 9.47 Å². The molecule has 2 fully saturated rings. The van der Waals surface area contributed by atoms with Crippen LogP contribution >= 0.6 is 22.9 Å². The normalized spacial score (nSPS) is 27.7. The smallest absolute Gasteiger partial charge is 0.185 e. The molecule has 0 bridgehead atoms. The first-order chi connectivity index (χ1) is 7.76. The third-order valence-electron chi connectivity index (χ3n) is 3.07. The molecule has 88 valence electrons. The standard InChI is InChI=1S/C10H13ClN2O2S/c11-9-13-8(6-16-9)12-7-1-2-10(5-7)14-3-4-15-10/h6-7,12H,1-5H2. The molecule has 1 aromatic heterocycles. The van der Waals surface area contributed by atoms with Gasteiger partial charge in [-0.1, -0.05) is 11.6 Å². The number of thiazole rings is 1. The molecule has 2 aliphatic rings. The van der Waals surface area contributed by atoms with Crippen LogP contribution in [0.2, 0.25) is 4.47 Å². The molecule has 1 spiro atoms. The summed E-state index contributed by atoms with van der Waals surface area (Å²) in [5.74, 6) is 0.535. The van der Waals surface area contributed by atoms with E-state index in [2.05, 4.69) is 10.3 Å². The lowest BCUT2D eigenvalue weighted by Crippen LogP contribution is -2.28. The number of nitrogens with one attached hydrogen (secondary N) is 1. The summed E-state index contributed by atoms with van der Waals surface area (Å²) in [7, 11) is 0. The van der Waals surface area contributed by atoms with Crippen molar-refractivity contribution in [3.8, 4) is 0 Å². The van der Waals surface area contributed by atoms with Gasteiger partial charge in [-0.3, -0.25) is 0 Å². The Labute approximate surface area is 103 Å². The van der Waals surface area contributed by atoms with Crippen molar-refractivity contribution in [3.05, 3.63) is 9.85 Å². The van der Waals surface area contributed by atoms with E-state index in [9.17, 15) is 0 Å². The van der Waals surface area contributed by atoms with Crippen LogP contribution in [0.3, 0.4) is 0 Å². The number of anilines is 1. The van der Waals surface area contributed by atoms with E-state index in [1.54, 1.807) is 0 Å². The molecule has 3 rings (SSSR count). The van der Waals surface area contributed by atoms with Gasteiger partial charge in [0.2, 0.25) is 0 Å². The fourth-order valence-corrected chi connectivity index (χ4v) is 3.09. The molecule has 1 saturated carbocycles. The van der Waals surface area contributed by atoms with Gasteiger partial charge in [0.05, 0.1) is 13.2 Å². The van der Waals surface area contributed by atoms with Crippen LogP contribution < -0.4 is 5.32 Å². The summed E-state index contributed by atoms with van der Waals surface area (Å²) in [6.07, 6.45) is 2.90. The molecule has 0 amide bonds. The first-order valence-electron chi connectivity index (χ1n) is 5.41. The van der Waals surface area contributed by atoms with Crippen molar-refractivity contribution in [1.29, 1.82) is 0 Å². The Hall–Kier alpha value is -0.360. The Morgan fingerprint density at radius 3 is 3.00 bits per heavy atom. The number of hydrogen-bond donors (Lipinski definition) is 1. The van der Waals surface area contributed by atoms with Crippen molar-refractivity contribution < 1.29 is 9.47 Å². The van der Waals surface area contributed by atoms with Crippen molar-refractivity contribution >= 4 is 28.8 Å². The van der Waals surface area contributed by atoms with E-state index in [0.29, 0.717) is 10.5 Å². The number of halogens is 1. The van der Waals surface area contributed by atoms with E-state index in [-0.39, 0.29) is 5.79 Å². The molecule has 0 radical (unpaired) electrons. The third kappa shape index (κ3) is 2.05. The maximum atomic E-state index is 5.78. The summed E-state index contributed by atoms with van der Waals surface area (Å²) in [5, 5.41) is 5.30. The lowest BCUT2D eigenvalue weighted by atomic mass is 10.2. The summed E-state index contributed by atoms with van der Waals surface area (Å²) in [5.41, 5.74) is 0. The maximum Gasteiger partial charge on any atom is 0.185 e. The van der Waals surface area contributed by atoms with Gasteiger partial charge in [0.15, 0.2) is 10.3 Å². The number of rotatable bonds is 2. The number of nitrogens with zero attached hydrogens (tertiary/aromatic N) is 1. The predicted molar refractivity (Wildman–Crippen MR) is 63.0 cm³/mol. The van der Waals surface area contributed by atoms with Gasteiger partial charge in [0.25, 0.3) is 0 Å². The minimum atomic E-state index is -0.322. The van der Waals surface area contributed by atoms with Gasteiger partial charge in [0, 0.05) is 24.3 Å². The van der Waals surface area contributed by atoms with E-state index in [1.165, 1.54) is 11.3 Å². The van der Waals surface area contributed by atoms with Gasteiger partial charge in [-0.05, 0) is 6.42 Å². The van der Waals surface area contributed by atoms with Crippen molar-refractivity contribution in [2.75, 3.05) is 18.5 Å². The minimum absolute atomic E-state index is 0.322. The van der Waals surface area contributed by atoms with Crippen LogP contribution in [-0.4, -0.2) is 30.0 Å². The van der Waals surface area contributed by atoms with Crippen molar-refractivity contribution in [3.63, 3.8) is 0 Å². The quantitative estimate of drug-likeness (QED) is 0.887. The van der Waals surface area contributed by atoms with Crippen LogP contribution in [0.15, 0.2) is 5.38 Å². The zero-order valence-electron chi connectivity index (χ0n) is 8.74. The highest BCUT2D eigenvalue weighted by Crippen LogP contribution is 2.38. The molecule has 1 unspecified atom stereocenters. The van der Waals surface area contributed by atoms with Crippen LogP contribution in [0.1, 0.15) is 19.3 Å². The molecule has 6 heteroatoms. The minimum Gasteiger partial charge on any atom is -0.366 e. The van der Waals surface area contributed by atoms with E-state index in [1.807, 2.05) is 5.38 Å². The number of ether oxygens (including phenoxy) is 2. The fraction of sp³-hybridized carbons (Fsp3) is 0.700. The Morgan fingerprint density at radius 2 is 2.31 bits per heavy atom. The molecule has 1 atom stereocenters. The largest absolute Gasteiger partial charge is 0.366 e. The molecule has 1 aliphatic carbocycles. The average Bonchev–Trinajstić information content (AvgIpc) is 2.94. The molecule has 16 heavy (non-hydrogen) atoms. The molecule has 4 nitrogen and oxygen atoms in total. The van der Waals surface area contributed by atoms with Gasteiger partial charge in [-0.2, -0.15) is 0 Å². The first-order valence-corrected chi connectivity index (χ1v) is 6.67. The predicted octanol–water partition coefficient (Wildman–Crippen LogP) is 2.50. The molecule has 0 aromatic carbocycles. The molecular weight excluding hydrogens is 248 g/mol. The summed E-state index contributed by atoms with van der Waals surface area (Å²) in [6, 6.07) is 0.372. The lowest BCUT2D eigenvalue weighted by molar-refractivity contribution is -0.150. The molecule has 1 aromatic rings. The second-order valence-corrected chi connectivity index (χ2v) is 5.62. The molecular formula is C10H13ClN2O2S. The van der Waals surface area contributed by atoms with Crippen molar-refractivity contribution in [2.45, 2.75) is 31.1 Å². The topological polar surface area (TPSA) is 43.4 Å². The highest BCUT2D eigenvalue weighted by Gasteiger charge is 2.44. The molecule has 1 aliphatic heterocycles. The van der Waals surface area contributed by atoms with Crippen LogP contribution in [0.4, 0.5) is 5.82 Å². The van der Waals surface area contributed by atoms with Gasteiger partial charge in [-0.25, -0.2) is 4.98 Å². The van der Waals surface area contributed by atoms with E-state index in [0.717, 1.165) is 38.3 Å². The fourth-order valence-electron chi connectivity index (χ4n) is 2.38. The maximum absolute atomic E-state index is 5.78. The highest BCUT2D eigenvalue weighted by molar-refractivity contribution is 7.14. The highest BCUT2D eigenvalue weighted by atomic mass is 35.5. The van der Waals surface area contributed by atoms with E-state index in [4.69, 9.17) is 21.1 Å². The summed E-state index contributed by atoms with van der Waals surface area (Å²) in [6.45, 7) is 1.44. The summed E-state index contributed by atoms with van der Waals surface area (Å²) in [4.78, 5) is 4.18. The molecule has 1 saturated heterocycles. The zero-order valence-corrected chi connectivity index (χ0v) is 10.3. The third-order valence-corrected chi connectivity index (χ3v) is 4.05. The number of aromatic nitrogens is 1. The first kappa shape index (κ1) is 10.8. The Bertz CT molecular complexity index is 379. The average molecular weight is 261 g/mol. The van der Waals surface area contributed by atoms with Crippen LogP contribution in [0, 0.1) is 0 Å². The van der Waals surface area contributed by atoms with Crippen LogP contribution in [0.5, 0.6) is 0 Å². The Balaban J connectivity index is 1.61. The second-order valence-electron chi connectivity index (χ2n) is 4.18. The van der Waals surface area contributed by atoms with Gasteiger partial charge in [0.1, 0.15) is 5.82 Å². The zero-order chi connectivity index (χ0) is 11.0. The Morgan fingerprint density at radius 1 is 1.50 bits per heavy atom. The molecule has 1 N–H and O–H groups in total. The van der Waals surface area contributed by atoms with Gasteiger partial charge >= 0.3 is 0 Å². The van der Waals surface area contributed by atoms with E-state index >= 15 is 0 Å². The summed E-state index contributed by atoms with van der Waals surface area (Å²) >= 11 is 7.23. The van der Waals surface area contributed by atoms with Crippen LogP contribution in [0.25, 0.3) is 0 Å². The van der Waals surface area contributed by atoms with Gasteiger partial charge < -0.3 is 14.8 Å².